The van der Waals surface area contributed by atoms with Gasteiger partial charge in [-0.3, -0.25) is 19.8 Å². The van der Waals surface area contributed by atoms with Gasteiger partial charge in [-0.2, -0.15) is 0 Å². The molecule has 1 atom stereocenters. The Bertz CT molecular complexity index is 983. The van der Waals surface area contributed by atoms with E-state index in [2.05, 4.69) is 13.8 Å². The van der Waals surface area contributed by atoms with Gasteiger partial charge in [0.15, 0.2) is 0 Å². The van der Waals surface area contributed by atoms with E-state index in [4.69, 9.17) is 16.6 Å². The predicted octanol–water partition coefficient (Wildman–Crippen LogP) is 6.27. The summed E-state index contributed by atoms with van der Waals surface area (Å²) in [6, 6.07) is 9.74. The molecule has 0 saturated carbocycles. The molecule has 30 heavy (non-hydrogen) atoms. The summed E-state index contributed by atoms with van der Waals surface area (Å²) in [7, 11) is 0. The van der Waals surface area contributed by atoms with Crippen molar-refractivity contribution in [3.8, 4) is 11.3 Å². The molecule has 1 aliphatic rings. The number of thiocarbonyl (C=S) groups is 1. The number of nitrogens with zero attached hydrogens (tertiary/aromatic N) is 2. The molecule has 0 aliphatic carbocycles. The first kappa shape index (κ1) is 22.2. The smallest absolute Gasteiger partial charge is 0.270 e. The molecule has 1 aromatic heterocycles. The lowest BCUT2D eigenvalue weighted by atomic mass is 9.99. The molecule has 3 rings (SSSR count). The highest BCUT2D eigenvalue weighted by atomic mass is 32.2. The quantitative estimate of drug-likeness (QED) is 0.196. The van der Waals surface area contributed by atoms with Crippen LogP contribution in [0.2, 0.25) is 0 Å². The summed E-state index contributed by atoms with van der Waals surface area (Å²) in [5.41, 5.74) is 0.609. The second-order valence-electron chi connectivity index (χ2n) is 7.22. The van der Waals surface area contributed by atoms with E-state index in [0.29, 0.717) is 38.8 Å². The highest BCUT2D eigenvalue weighted by molar-refractivity contribution is 8.26. The Morgan fingerprint density at radius 1 is 1.30 bits per heavy atom. The van der Waals surface area contributed by atoms with Crippen molar-refractivity contribution in [1.82, 2.24) is 4.90 Å². The van der Waals surface area contributed by atoms with Gasteiger partial charge in [0.2, 0.25) is 0 Å². The number of benzene rings is 1. The van der Waals surface area contributed by atoms with E-state index >= 15 is 0 Å². The van der Waals surface area contributed by atoms with Gasteiger partial charge in [0, 0.05) is 30.3 Å². The maximum Gasteiger partial charge on any atom is 0.270 e. The largest absolute Gasteiger partial charge is 0.457 e. The average Bonchev–Trinajstić information content (AvgIpc) is 3.31. The van der Waals surface area contributed by atoms with Crippen LogP contribution in [-0.2, 0) is 4.79 Å². The van der Waals surface area contributed by atoms with Crippen LogP contribution < -0.4 is 0 Å². The SMILES string of the molecule is CCCC[C@H](CC)CN1C(=O)/C(=C/c2ccc(-c3cccc([N+](=O)[O-])c3)o2)SC1=S. The number of hydrogen-bond acceptors (Lipinski definition) is 6. The monoisotopic (exact) mass is 444 g/mol. The standard InChI is InChI=1S/C22H24N2O4S2/c1-3-5-7-15(4-2)14-23-21(25)20(30-22(23)29)13-18-10-11-19(28-18)16-8-6-9-17(12-16)24(26)27/h6,8-13,15H,3-5,7,14H2,1-2H3/b20-13-/t15-/m0/s1. The first-order valence-electron chi connectivity index (χ1n) is 10.0. The van der Waals surface area contributed by atoms with Crippen LogP contribution in [0.1, 0.15) is 45.3 Å². The summed E-state index contributed by atoms with van der Waals surface area (Å²) < 4.78 is 6.39. The molecule has 2 aromatic rings. The molecular weight excluding hydrogens is 420 g/mol. The van der Waals surface area contributed by atoms with E-state index in [9.17, 15) is 14.9 Å². The van der Waals surface area contributed by atoms with Crippen molar-refractivity contribution in [1.29, 1.82) is 0 Å². The Labute approximate surface area is 185 Å². The van der Waals surface area contributed by atoms with E-state index in [1.807, 2.05) is 0 Å². The number of nitro groups is 1. The van der Waals surface area contributed by atoms with Crippen LogP contribution in [0.3, 0.4) is 0 Å². The van der Waals surface area contributed by atoms with E-state index in [1.165, 1.54) is 23.9 Å². The normalized spacial score (nSPS) is 16.5. The Balaban J connectivity index is 1.75. The number of rotatable bonds is 9. The van der Waals surface area contributed by atoms with E-state index in [1.54, 1.807) is 35.2 Å². The Morgan fingerprint density at radius 2 is 2.10 bits per heavy atom. The number of carbonyl (C=O) groups is 1. The molecule has 0 unspecified atom stereocenters. The van der Waals surface area contributed by atoms with Gasteiger partial charge in [-0.1, -0.05) is 69.2 Å². The summed E-state index contributed by atoms with van der Waals surface area (Å²) in [4.78, 5) is 25.6. The molecule has 0 N–H and O–H groups in total. The number of hydrogen-bond donors (Lipinski definition) is 0. The van der Waals surface area contributed by atoms with Crippen LogP contribution in [0.5, 0.6) is 0 Å². The molecule has 1 aromatic carbocycles. The van der Waals surface area contributed by atoms with Crippen molar-refractivity contribution < 1.29 is 14.1 Å². The highest BCUT2D eigenvalue weighted by Crippen LogP contribution is 2.35. The maximum atomic E-state index is 12.9. The Kier molecular flexibility index (Phi) is 7.44. The van der Waals surface area contributed by atoms with Crippen LogP contribution in [-0.4, -0.2) is 26.6 Å². The lowest BCUT2D eigenvalue weighted by molar-refractivity contribution is -0.384. The molecule has 0 spiro atoms. The van der Waals surface area contributed by atoms with Gasteiger partial charge in [0.1, 0.15) is 15.8 Å². The van der Waals surface area contributed by atoms with E-state index < -0.39 is 4.92 Å². The molecule has 6 nitrogen and oxygen atoms in total. The molecule has 1 amide bonds. The first-order chi connectivity index (χ1) is 14.4. The predicted molar refractivity (Wildman–Crippen MR) is 124 cm³/mol. The van der Waals surface area contributed by atoms with Gasteiger partial charge in [-0.15, -0.1) is 0 Å². The fourth-order valence-corrected chi connectivity index (χ4v) is 4.58. The van der Waals surface area contributed by atoms with Gasteiger partial charge < -0.3 is 4.42 Å². The highest BCUT2D eigenvalue weighted by Gasteiger charge is 2.33. The molecule has 0 radical (unpaired) electrons. The van der Waals surface area contributed by atoms with Crippen LogP contribution in [0.15, 0.2) is 45.7 Å². The third kappa shape index (κ3) is 5.17. The number of non-ortho nitro benzene ring substituents is 1. The summed E-state index contributed by atoms with van der Waals surface area (Å²) in [6.07, 6.45) is 6.08. The lowest BCUT2D eigenvalue weighted by Crippen LogP contribution is -2.33. The van der Waals surface area contributed by atoms with E-state index in [0.717, 1.165) is 25.7 Å². The van der Waals surface area contributed by atoms with Crippen molar-refractivity contribution >= 4 is 46.0 Å². The van der Waals surface area contributed by atoms with Crippen molar-refractivity contribution in [2.24, 2.45) is 5.92 Å². The second-order valence-corrected chi connectivity index (χ2v) is 8.89. The third-order valence-corrected chi connectivity index (χ3v) is 6.48. The minimum atomic E-state index is -0.442. The van der Waals surface area contributed by atoms with Crippen LogP contribution in [0, 0.1) is 16.0 Å². The zero-order valence-electron chi connectivity index (χ0n) is 17.0. The minimum absolute atomic E-state index is 0.000118. The molecule has 8 heteroatoms. The number of thioether (sulfide) groups is 1. The Morgan fingerprint density at radius 3 is 2.80 bits per heavy atom. The zero-order chi connectivity index (χ0) is 21.7. The van der Waals surface area contributed by atoms with Gasteiger partial charge >= 0.3 is 0 Å². The average molecular weight is 445 g/mol. The summed E-state index contributed by atoms with van der Waals surface area (Å²) in [6.45, 7) is 4.96. The Hall–Kier alpha value is -2.45. The zero-order valence-corrected chi connectivity index (χ0v) is 18.6. The van der Waals surface area contributed by atoms with Crippen LogP contribution >= 0.6 is 24.0 Å². The van der Waals surface area contributed by atoms with Gasteiger partial charge in [0.05, 0.1) is 9.83 Å². The van der Waals surface area contributed by atoms with Gasteiger partial charge in [-0.25, -0.2) is 0 Å². The number of furan rings is 1. The number of carbonyl (C=O) groups excluding carboxylic acids is 1. The van der Waals surface area contributed by atoms with Crippen molar-refractivity contribution in [3.05, 3.63) is 57.2 Å². The van der Waals surface area contributed by atoms with Gasteiger partial charge in [0.25, 0.3) is 11.6 Å². The molecule has 158 valence electrons. The topological polar surface area (TPSA) is 76.6 Å². The van der Waals surface area contributed by atoms with Crippen molar-refractivity contribution in [2.75, 3.05) is 6.54 Å². The number of nitro benzene ring substituents is 1. The minimum Gasteiger partial charge on any atom is -0.457 e. The third-order valence-electron chi connectivity index (χ3n) is 5.10. The van der Waals surface area contributed by atoms with Crippen molar-refractivity contribution in [2.45, 2.75) is 39.5 Å². The van der Waals surface area contributed by atoms with Crippen LogP contribution in [0.4, 0.5) is 5.69 Å². The number of unbranched alkanes of at least 4 members (excludes halogenated alkanes) is 1. The fraction of sp³-hybridized carbons (Fsp3) is 0.364. The second kappa shape index (κ2) is 10.0. The molecule has 2 heterocycles. The summed E-state index contributed by atoms with van der Waals surface area (Å²) in [5.74, 6) is 1.37. The van der Waals surface area contributed by atoms with Crippen LogP contribution in [0.25, 0.3) is 17.4 Å². The molecule has 1 fully saturated rings. The molecule has 1 saturated heterocycles. The molecule has 1 aliphatic heterocycles. The van der Waals surface area contributed by atoms with Gasteiger partial charge in [-0.05, 0) is 24.5 Å². The lowest BCUT2D eigenvalue weighted by Gasteiger charge is -2.21. The first-order valence-corrected chi connectivity index (χ1v) is 11.3. The fourth-order valence-electron chi connectivity index (χ4n) is 3.32. The maximum absolute atomic E-state index is 12.9. The summed E-state index contributed by atoms with van der Waals surface area (Å²) >= 11 is 6.73. The number of amides is 1. The summed E-state index contributed by atoms with van der Waals surface area (Å²) in [5, 5.41) is 11.0. The molecular formula is C22H24N2O4S2. The van der Waals surface area contributed by atoms with Crippen molar-refractivity contribution in [3.63, 3.8) is 0 Å². The van der Waals surface area contributed by atoms with E-state index in [-0.39, 0.29) is 11.6 Å². The molecule has 0 bridgehead atoms.